The molecule has 2 fully saturated rings. The zero-order valence-corrected chi connectivity index (χ0v) is 19.8. The van der Waals surface area contributed by atoms with E-state index in [1.807, 2.05) is 54.2 Å². The molecular weight excluding hydrogens is 440 g/mol. The molecule has 0 saturated heterocycles. The number of rotatable bonds is 6. The number of carbonyl (C=O) groups excluding carboxylic acids is 1. The summed E-state index contributed by atoms with van der Waals surface area (Å²) in [5.74, 6) is 0.730. The Morgan fingerprint density at radius 1 is 1.09 bits per heavy atom. The third-order valence-electron chi connectivity index (χ3n) is 7.30. The average Bonchev–Trinajstić information content (AvgIpc) is 3.31. The highest BCUT2D eigenvalue weighted by Crippen LogP contribution is 2.45. The summed E-state index contributed by atoms with van der Waals surface area (Å²) in [6, 6.07) is 15.1. The standard InChI is InChI=1S/C27H30N6O2/c1-32-15-14-29-27(32)35-21-12-13-22-23(16-21)33(20-6-3-7-20)25(24(22)28)17-8-10-19(11-9-17)31-26(34)30-18-4-2-5-18/h8-16,18,20H,2-7,28H2,1H3,(H2,30,31,34). The van der Waals surface area contributed by atoms with Crippen LogP contribution in [0.3, 0.4) is 0 Å². The van der Waals surface area contributed by atoms with Crippen molar-refractivity contribution in [2.24, 2.45) is 7.05 Å². The lowest BCUT2D eigenvalue weighted by atomic mass is 9.92. The maximum atomic E-state index is 12.2. The molecule has 8 heteroatoms. The molecular formula is C27H30N6O2. The molecule has 35 heavy (non-hydrogen) atoms. The quantitative estimate of drug-likeness (QED) is 0.331. The van der Waals surface area contributed by atoms with Crippen molar-refractivity contribution in [3.63, 3.8) is 0 Å². The largest absolute Gasteiger partial charge is 0.425 e. The third kappa shape index (κ3) is 3.99. The van der Waals surface area contributed by atoms with E-state index in [0.29, 0.717) is 18.1 Å². The van der Waals surface area contributed by atoms with Gasteiger partial charge in [-0.25, -0.2) is 9.78 Å². The van der Waals surface area contributed by atoms with E-state index >= 15 is 0 Å². The van der Waals surface area contributed by atoms with Gasteiger partial charge in [-0.15, -0.1) is 0 Å². The number of carbonyl (C=O) groups is 1. The molecule has 2 saturated carbocycles. The summed E-state index contributed by atoms with van der Waals surface area (Å²) in [7, 11) is 1.91. The molecule has 8 nitrogen and oxygen atoms in total. The van der Waals surface area contributed by atoms with Crippen LogP contribution in [0.5, 0.6) is 11.8 Å². The number of imidazole rings is 1. The van der Waals surface area contributed by atoms with E-state index in [0.717, 1.165) is 65.0 Å². The summed E-state index contributed by atoms with van der Waals surface area (Å²) in [6.07, 6.45) is 10.4. The molecule has 4 aromatic rings. The number of hydrogen-bond acceptors (Lipinski definition) is 4. The van der Waals surface area contributed by atoms with Gasteiger partial charge in [0, 0.05) is 54.2 Å². The van der Waals surface area contributed by atoms with Crippen LogP contribution < -0.4 is 21.1 Å². The summed E-state index contributed by atoms with van der Waals surface area (Å²) in [5.41, 5.74) is 11.4. The van der Waals surface area contributed by atoms with Crippen LogP contribution in [0.25, 0.3) is 22.2 Å². The number of ether oxygens (including phenoxy) is 1. The molecule has 0 spiro atoms. The molecule has 180 valence electrons. The summed E-state index contributed by atoms with van der Waals surface area (Å²) in [5, 5.41) is 6.97. The molecule has 6 rings (SSSR count). The molecule has 4 N–H and O–H groups in total. The van der Waals surface area contributed by atoms with Gasteiger partial charge in [-0.3, -0.25) is 0 Å². The summed E-state index contributed by atoms with van der Waals surface area (Å²) in [6.45, 7) is 0. The zero-order valence-electron chi connectivity index (χ0n) is 19.8. The van der Waals surface area contributed by atoms with Crippen LogP contribution >= 0.6 is 0 Å². The van der Waals surface area contributed by atoms with Gasteiger partial charge in [0.05, 0.1) is 16.9 Å². The first-order chi connectivity index (χ1) is 17.1. The van der Waals surface area contributed by atoms with Crippen molar-refractivity contribution in [1.82, 2.24) is 19.4 Å². The van der Waals surface area contributed by atoms with Crippen LogP contribution in [0.15, 0.2) is 54.9 Å². The fraction of sp³-hybridized carbons (Fsp3) is 0.333. The van der Waals surface area contributed by atoms with Crippen LogP contribution in [0.4, 0.5) is 16.2 Å². The SMILES string of the molecule is Cn1ccnc1Oc1ccc2c(N)c(-c3ccc(NC(=O)NC4CCC4)cc3)n(C3CCC3)c2c1. The van der Waals surface area contributed by atoms with Crippen molar-refractivity contribution in [2.45, 2.75) is 50.6 Å². The smallest absolute Gasteiger partial charge is 0.319 e. The zero-order chi connectivity index (χ0) is 23.9. The maximum absolute atomic E-state index is 12.2. The van der Waals surface area contributed by atoms with Gasteiger partial charge in [0.2, 0.25) is 0 Å². The van der Waals surface area contributed by atoms with Crippen molar-refractivity contribution < 1.29 is 9.53 Å². The van der Waals surface area contributed by atoms with E-state index in [9.17, 15) is 4.79 Å². The summed E-state index contributed by atoms with van der Waals surface area (Å²) < 4.78 is 10.3. The highest BCUT2D eigenvalue weighted by atomic mass is 16.5. The second-order valence-electron chi connectivity index (χ2n) is 9.62. The number of amides is 2. The second-order valence-corrected chi connectivity index (χ2v) is 9.62. The Labute approximate surface area is 204 Å². The average molecular weight is 471 g/mol. The molecule has 0 radical (unpaired) electrons. The minimum Gasteiger partial charge on any atom is -0.425 e. The molecule has 2 amide bonds. The number of fused-ring (bicyclic) bond motifs is 1. The topological polar surface area (TPSA) is 99.1 Å². The van der Waals surface area contributed by atoms with Gasteiger partial charge in [-0.1, -0.05) is 12.1 Å². The fourth-order valence-electron chi connectivity index (χ4n) is 4.87. The molecule has 2 aromatic carbocycles. The normalized spacial score (nSPS) is 16.0. The van der Waals surface area contributed by atoms with E-state index in [2.05, 4.69) is 26.3 Å². The molecule has 0 atom stereocenters. The van der Waals surface area contributed by atoms with Crippen LogP contribution in [0, 0.1) is 0 Å². The Morgan fingerprint density at radius 3 is 2.49 bits per heavy atom. The summed E-state index contributed by atoms with van der Waals surface area (Å²) in [4.78, 5) is 16.5. The number of aromatic nitrogens is 3. The molecule has 2 heterocycles. The molecule has 2 aromatic heterocycles. The van der Waals surface area contributed by atoms with E-state index in [1.165, 1.54) is 12.8 Å². The molecule has 2 aliphatic carbocycles. The lowest BCUT2D eigenvalue weighted by Crippen LogP contribution is -2.41. The van der Waals surface area contributed by atoms with Crippen molar-refractivity contribution in [3.05, 3.63) is 54.9 Å². The number of nitrogens with two attached hydrogens (primary N) is 1. The van der Waals surface area contributed by atoms with Crippen molar-refractivity contribution in [3.8, 4) is 23.0 Å². The summed E-state index contributed by atoms with van der Waals surface area (Å²) >= 11 is 0. The van der Waals surface area contributed by atoms with Crippen LogP contribution in [0.1, 0.15) is 44.6 Å². The minimum absolute atomic E-state index is 0.147. The number of hydrogen-bond donors (Lipinski definition) is 3. The number of aryl methyl sites for hydroxylation is 1. The monoisotopic (exact) mass is 470 g/mol. The maximum Gasteiger partial charge on any atom is 0.319 e. The Kier molecular flexibility index (Phi) is 5.36. The van der Waals surface area contributed by atoms with Crippen LogP contribution in [-0.2, 0) is 7.05 Å². The predicted molar refractivity (Wildman–Crippen MR) is 138 cm³/mol. The third-order valence-corrected chi connectivity index (χ3v) is 7.30. The molecule has 0 aliphatic heterocycles. The minimum atomic E-state index is -0.147. The highest BCUT2D eigenvalue weighted by Gasteiger charge is 2.27. The van der Waals surface area contributed by atoms with Crippen molar-refractivity contribution in [1.29, 1.82) is 0 Å². The van der Waals surface area contributed by atoms with E-state index in [4.69, 9.17) is 10.5 Å². The van der Waals surface area contributed by atoms with E-state index < -0.39 is 0 Å². The Balaban J connectivity index is 1.33. The van der Waals surface area contributed by atoms with Crippen molar-refractivity contribution >= 4 is 28.3 Å². The molecule has 2 aliphatic rings. The number of urea groups is 1. The number of nitrogens with one attached hydrogen (secondary N) is 2. The van der Waals surface area contributed by atoms with Gasteiger partial charge in [0.25, 0.3) is 0 Å². The first-order valence-corrected chi connectivity index (χ1v) is 12.3. The lowest BCUT2D eigenvalue weighted by Gasteiger charge is -2.30. The van der Waals surface area contributed by atoms with Gasteiger partial charge >= 0.3 is 12.0 Å². The van der Waals surface area contributed by atoms with E-state index in [1.54, 1.807) is 6.20 Å². The molecule has 0 unspecified atom stereocenters. The Morgan fingerprint density at radius 2 is 1.86 bits per heavy atom. The predicted octanol–water partition coefficient (Wildman–Crippen LogP) is 5.82. The Bertz CT molecular complexity index is 1380. The van der Waals surface area contributed by atoms with Gasteiger partial charge in [-0.2, -0.15) is 0 Å². The first kappa shape index (κ1) is 21.6. The van der Waals surface area contributed by atoms with Gasteiger partial charge in [0.1, 0.15) is 5.75 Å². The molecule has 0 bridgehead atoms. The number of nitrogens with zero attached hydrogens (tertiary/aromatic N) is 3. The number of nitrogen functional groups attached to an aromatic ring is 1. The van der Waals surface area contributed by atoms with E-state index in [-0.39, 0.29) is 6.03 Å². The number of anilines is 2. The fourth-order valence-corrected chi connectivity index (χ4v) is 4.87. The van der Waals surface area contributed by atoms with Crippen LogP contribution in [-0.4, -0.2) is 26.2 Å². The van der Waals surface area contributed by atoms with Gasteiger partial charge < -0.3 is 30.2 Å². The first-order valence-electron chi connectivity index (χ1n) is 12.3. The number of benzene rings is 2. The Hall–Kier alpha value is -3.94. The lowest BCUT2D eigenvalue weighted by molar-refractivity contribution is 0.240. The van der Waals surface area contributed by atoms with Gasteiger partial charge in [0.15, 0.2) is 0 Å². The van der Waals surface area contributed by atoms with Gasteiger partial charge in [-0.05, 0) is 62.8 Å². The second kappa shape index (κ2) is 8.69. The van der Waals surface area contributed by atoms with Crippen molar-refractivity contribution in [2.75, 3.05) is 11.1 Å². The van der Waals surface area contributed by atoms with Crippen LogP contribution in [0.2, 0.25) is 0 Å². The highest BCUT2D eigenvalue weighted by molar-refractivity contribution is 6.02.